The minimum atomic E-state index is -0.153. The predicted molar refractivity (Wildman–Crippen MR) is 105 cm³/mol. The van der Waals surface area contributed by atoms with Crippen molar-refractivity contribution in [3.63, 3.8) is 0 Å². The molecule has 1 aliphatic carbocycles. The highest BCUT2D eigenvalue weighted by atomic mass is 16.1. The van der Waals surface area contributed by atoms with Crippen LogP contribution in [-0.2, 0) is 10.2 Å². The molecule has 2 aromatic carbocycles. The lowest BCUT2D eigenvalue weighted by atomic mass is 9.87. The molecule has 0 radical (unpaired) electrons. The van der Waals surface area contributed by atoms with Crippen LogP contribution in [0.25, 0.3) is 12.2 Å². The molecule has 1 unspecified atom stereocenters. The predicted octanol–water partition coefficient (Wildman–Crippen LogP) is 4.66. The molecule has 0 bridgehead atoms. The molecule has 1 aliphatic rings. The summed E-state index contributed by atoms with van der Waals surface area (Å²) in [7, 11) is 0. The zero-order valence-electron chi connectivity index (χ0n) is 14.9. The highest BCUT2D eigenvalue weighted by Gasteiger charge is 2.14. The van der Waals surface area contributed by atoms with Gasteiger partial charge >= 0.3 is 0 Å². The maximum absolute atomic E-state index is 12.1. The number of amides is 1. The van der Waals surface area contributed by atoms with Gasteiger partial charge in [-0.15, -0.1) is 0 Å². The Kier molecular flexibility index (Phi) is 4.60. The summed E-state index contributed by atoms with van der Waals surface area (Å²) >= 11 is 0. The van der Waals surface area contributed by atoms with Crippen molar-refractivity contribution in [1.29, 1.82) is 0 Å². The molecule has 2 aromatic rings. The zero-order valence-corrected chi connectivity index (χ0v) is 14.9. The highest BCUT2D eigenvalue weighted by molar-refractivity contribution is 6.02. The van der Waals surface area contributed by atoms with Gasteiger partial charge in [0, 0.05) is 17.8 Å². The Morgan fingerprint density at radius 2 is 1.84 bits per heavy atom. The number of anilines is 1. The molecule has 0 aliphatic heterocycles. The molecule has 0 saturated carbocycles. The van der Waals surface area contributed by atoms with E-state index in [1.54, 1.807) is 6.08 Å². The smallest absolute Gasteiger partial charge is 0.248 e. The first-order valence-electron chi connectivity index (χ1n) is 8.50. The Morgan fingerprint density at radius 1 is 1.12 bits per heavy atom. The average molecular weight is 332 g/mol. The number of nitrogens with one attached hydrogen (secondary N) is 1. The van der Waals surface area contributed by atoms with Gasteiger partial charge in [0.25, 0.3) is 0 Å². The Labute approximate surface area is 149 Å². The number of nitrogens with two attached hydrogens (primary N) is 1. The molecule has 3 rings (SSSR count). The second-order valence-electron chi connectivity index (χ2n) is 7.42. The average Bonchev–Trinajstić information content (AvgIpc) is 2.93. The quantitative estimate of drug-likeness (QED) is 0.803. The van der Waals surface area contributed by atoms with Gasteiger partial charge in [0.1, 0.15) is 0 Å². The van der Waals surface area contributed by atoms with Crippen LogP contribution in [0.5, 0.6) is 0 Å². The lowest BCUT2D eigenvalue weighted by molar-refractivity contribution is -0.111. The van der Waals surface area contributed by atoms with Gasteiger partial charge in [0.2, 0.25) is 5.91 Å². The van der Waals surface area contributed by atoms with Crippen molar-refractivity contribution in [2.75, 3.05) is 5.32 Å². The van der Waals surface area contributed by atoms with Crippen molar-refractivity contribution in [1.82, 2.24) is 0 Å². The molecule has 1 atom stereocenters. The first kappa shape index (κ1) is 17.2. The summed E-state index contributed by atoms with van der Waals surface area (Å²) in [5.41, 5.74) is 11.3. The lowest BCUT2D eigenvalue weighted by Gasteiger charge is -2.18. The van der Waals surface area contributed by atoms with Crippen molar-refractivity contribution in [2.24, 2.45) is 5.73 Å². The van der Waals surface area contributed by atoms with E-state index in [9.17, 15) is 4.79 Å². The van der Waals surface area contributed by atoms with Crippen molar-refractivity contribution in [2.45, 2.75) is 32.2 Å². The van der Waals surface area contributed by atoms with Crippen molar-refractivity contribution < 1.29 is 4.79 Å². The maximum atomic E-state index is 12.1. The van der Waals surface area contributed by atoms with Crippen molar-refractivity contribution >= 4 is 23.7 Å². The molecule has 0 aromatic heterocycles. The summed E-state index contributed by atoms with van der Waals surface area (Å²) in [6.07, 6.45) is 7.34. The number of fused-ring (bicyclic) bond motifs is 1. The fourth-order valence-electron chi connectivity index (χ4n) is 2.85. The summed E-state index contributed by atoms with van der Waals surface area (Å²) in [4.78, 5) is 12.1. The van der Waals surface area contributed by atoms with Crippen molar-refractivity contribution in [3.8, 4) is 0 Å². The molecule has 3 nitrogen and oxygen atoms in total. The number of hydrogen-bond acceptors (Lipinski definition) is 2. The normalized spacial score (nSPS) is 16.2. The van der Waals surface area contributed by atoms with Crippen LogP contribution in [0.4, 0.5) is 5.69 Å². The van der Waals surface area contributed by atoms with E-state index in [1.165, 1.54) is 5.56 Å². The molecule has 25 heavy (non-hydrogen) atoms. The largest absolute Gasteiger partial charge is 0.323 e. The molecule has 3 heteroatoms. The van der Waals surface area contributed by atoms with Gasteiger partial charge in [-0.25, -0.2) is 0 Å². The van der Waals surface area contributed by atoms with Gasteiger partial charge in [-0.3, -0.25) is 4.79 Å². The van der Waals surface area contributed by atoms with Crippen LogP contribution in [-0.4, -0.2) is 5.91 Å². The summed E-state index contributed by atoms with van der Waals surface area (Å²) in [6.45, 7) is 6.55. The van der Waals surface area contributed by atoms with Gasteiger partial charge in [0.05, 0.1) is 0 Å². The summed E-state index contributed by atoms with van der Waals surface area (Å²) in [5, 5.41) is 2.89. The van der Waals surface area contributed by atoms with E-state index in [1.807, 2.05) is 48.6 Å². The van der Waals surface area contributed by atoms with Crippen LogP contribution in [0, 0.1) is 0 Å². The van der Waals surface area contributed by atoms with Gasteiger partial charge < -0.3 is 11.1 Å². The minimum absolute atomic E-state index is 0.0938. The number of hydrogen-bond donors (Lipinski definition) is 2. The molecular formula is C22H24N2O. The van der Waals surface area contributed by atoms with Gasteiger partial charge in [-0.1, -0.05) is 63.3 Å². The van der Waals surface area contributed by atoms with E-state index >= 15 is 0 Å². The third-order valence-corrected chi connectivity index (χ3v) is 4.40. The van der Waals surface area contributed by atoms with E-state index in [4.69, 9.17) is 5.73 Å². The van der Waals surface area contributed by atoms with Gasteiger partial charge in [0.15, 0.2) is 0 Å². The standard InChI is InChI=1S/C22H24N2O/c1-22(2,3)17-9-4-15(5-10-17)6-13-21(25)24-18-11-7-16-8-12-20(23)19(16)14-18/h4-14,20H,23H2,1-3H3,(H,24,25)/b13-6+. The van der Waals surface area contributed by atoms with Crippen LogP contribution in [0.3, 0.4) is 0 Å². The molecule has 3 N–H and O–H groups in total. The van der Waals surface area contributed by atoms with E-state index in [0.717, 1.165) is 22.4 Å². The Bertz CT molecular complexity index is 839. The Morgan fingerprint density at radius 3 is 2.52 bits per heavy atom. The SMILES string of the molecule is CC(C)(C)c1ccc(/C=C/C(=O)Nc2ccc3c(c2)C(N)C=C3)cc1. The summed E-state index contributed by atoms with van der Waals surface area (Å²) in [5.74, 6) is -0.153. The number of benzene rings is 2. The van der Waals surface area contributed by atoms with E-state index in [-0.39, 0.29) is 17.4 Å². The number of carbonyl (C=O) groups is 1. The molecule has 1 amide bonds. The first-order chi connectivity index (χ1) is 11.8. The molecule has 0 saturated heterocycles. The highest BCUT2D eigenvalue weighted by Crippen LogP contribution is 2.28. The van der Waals surface area contributed by atoms with Gasteiger partial charge in [-0.2, -0.15) is 0 Å². The van der Waals surface area contributed by atoms with Crippen LogP contribution >= 0.6 is 0 Å². The molecule has 0 heterocycles. The first-order valence-corrected chi connectivity index (χ1v) is 8.50. The number of carbonyl (C=O) groups excluding carboxylic acids is 1. The van der Waals surface area contributed by atoms with E-state index in [2.05, 4.69) is 38.2 Å². The topological polar surface area (TPSA) is 55.1 Å². The molecule has 0 spiro atoms. The molecule has 0 fully saturated rings. The second kappa shape index (κ2) is 6.69. The second-order valence-corrected chi connectivity index (χ2v) is 7.42. The third kappa shape index (κ3) is 4.06. The zero-order chi connectivity index (χ0) is 18.0. The fourth-order valence-corrected chi connectivity index (χ4v) is 2.85. The van der Waals surface area contributed by atoms with E-state index < -0.39 is 0 Å². The Hall–Kier alpha value is -2.65. The third-order valence-electron chi connectivity index (χ3n) is 4.40. The van der Waals surface area contributed by atoms with Crippen molar-refractivity contribution in [3.05, 3.63) is 76.9 Å². The van der Waals surface area contributed by atoms with Crippen LogP contribution < -0.4 is 11.1 Å². The minimum Gasteiger partial charge on any atom is -0.323 e. The van der Waals surface area contributed by atoms with Gasteiger partial charge in [-0.05, 0) is 45.9 Å². The lowest BCUT2D eigenvalue weighted by Crippen LogP contribution is -2.10. The molecule has 128 valence electrons. The monoisotopic (exact) mass is 332 g/mol. The molecular weight excluding hydrogens is 308 g/mol. The van der Waals surface area contributed by atoms with Crippen LogP contribution in [0.15, 0.2) is 54.6 Å². The van der Waals surface area contributed by atoms with E-state index in [0.29, 0.717) is 0 Å². The maximum Gasteiger partial charge on any atom is 0.248 e. The summed E-state index contributed by atoms with van der Waals surface area (Å²) < 4.78 is 0. The van der Waals surface area contributed by atoms with Crippen LogP contribution in [0.1, 0.15) is 49.1 Å². The van der Waals surface area contributed by atoms with Crippen LogP contribution in [0.2, 0.25) is 0 Å². The fraction of sp³-hybridized carbons (Fsp3) is 0.227. The summed E-state index contributed by atoms with van der Waals surface area (Å²) in [6, 6.07) is 14.0. The Balaban J connectivity index is 1.65. The number of rotatable bonds is 3.